The maximum Gasteiger partial charge on any atom is 0.305 e. The zero-order chi connectivity index (χ0) is 18.7. The lowest BCUT2D eigenvalue weighted by atomic mass is 10.1. The number of halogens is 2. The molecule has 0 bridgehead atoms. The van der Waals surface area contributed by atoms with Gasteiger partial charge in [-0.1, -0.05) is 6.07 Å². The molecule has 0 aliphatic rings. The topological polar surface area (TPSA) is 78.2 Å². The first kappa shape index (κ1) is 17.4. The number of methoxy groups -OCH3 is 1. The predicted octanol–water partition coefficient (Wildman–Crippen LogP) is 3.93. The van der Waals surface area contributed by atoms with E-state index >= 15 is 0 Å². The average molecular weight is 357 g/mol. The Morgan fingerprint density at radius 2 is 1.92 bits per heavy atom. The molecule has 0 radical (unpaired) electrons. The van der Waals surface area contributed by atoms with E-state index in [-0.39, 0.29) is 6.42 Å². The van der Waals surface area contributed by atoms with Gasteiger partial charge in [-0.05, 0) is 29.8 Å². The first-order valence-corrected chi connectivity index (χ1v) is 7.55. The van der Waals surface area contributed by atoms with Gasteiger partial charge in [0.05, 0.1) is 17.7 Å². The number of nitrogens with zero attached hydrogens (tertiary/aromatic N) is 3. The first-order chi connectivity index (χ1) is 12.5. The molecule has 8 heteroatoms. The maximum atomic E-state index is 13.4. The summed E-state index contributed by atoms with van der Waals surface area (Å²) in [4.78, 5) is 18.4. The van der Waals surface area contributed by atoms with Crippen molar-refractivity contribution < 1.29 is 18.4 Å². The van der Waals surface area contributed by atoms with E-state index in [0.717, 1.165) is 6.07 Å². The number of rotatable bonds is 5. The molecule has 0 N–H and O–H groups in total. The van der Waals surface area contributed by atoms with Crippen LogP contribution in [0.25, 0.3) is 11.3 Å². The predicted molar refractivity (Wildman–Crippen MR) is 89.8 cm³/mol. The van der Waals surface area contributed by atoms with Gasteiger partial charge >= 0.3 is 5.69 Å². The summed E-state index contributed by atoms with van der Waals surface area (Å²) in [5.41, 5.74) is 1.62. The molecule has 0 spiro atoms. The molecule has 0 fully saturated rings. The summed E-state index contributed by atoms with van der Waals surface area (Å²) in [6.45, 7) is 0. The molecule has 0 atom stereocenters. The Bertz CT molecular complexity index is 980. The molecule has 0 saturated carbocycles. The van der Waals surface area contributed by atoms with E-state index in [2.05, 4.69) is 9.97 Å². The van der Waals surface area contributed by atoms with Crippen molar-refractivity contribution in [3.05, 3.63) is 81.8 Å². The highest BCUT2D eigenvalue weighted by molar-refractivity contribution is 5.67. The highest BCUT2D eigenvalue weighted by Gasteiger charge is 2.15. The Morgan fingerprint density at radius 1 is 1.12 bits per heavy atom. The van der Waals surface area contributed by atoms with Gasteiger partial charge in [-0.15, -0.1) is 0 Å². The molecule has 0 aliphatic carbocycles. The summed E-state index contributed by atoms with van der Waals surface area (Å²) in [6.07, 6.45) is 1.59. The molecule has 2 aromatic carbocycles. The van der Waals surface area contributed by atoms with Crippen LogP contribution in [0.15, 0.2) is 48.8 Å². The number of aromatic nitrogens is 2. The normalized spacial score (nSPS) is 10.6. The Hall–Kier alpha value is -3.42. The van der Waals surface area contributed by atoms with Crippen molar-refractivity contribution in [1.29, 1.82) is 0 Å². The van der Waals surface area contributed by atoms with Crippen molar-refractivity contribution in [2.75, 3.05) is 7.11 Å². The zero-order valence-electron chi connectivity index (χ0n) is 13.6. The van der Waals surface area contributed by atoms with Crippen molar-refractivity contribution in [1.82, 2.24) is 9.97 Å². The van der Waals surface area contributed by atoms with Crippen molar-refractivity contribution >= 4 is 5.69 Å². The zero-order valence-corrected chi connectivity index (χ0v) is 13.6. The van der Waals surface area contributed by atoms with Crippen LogP contribution in [0, 0.1) is 21.7 Å². The largest absolute Gasteiger partial charge is 0.496 e. The van der Waals surface area contributed by atoms with Crippen molar-refractivity contribution in [2.45, 2.75) is 6.42 Å². The summed E-state index contributed by atoms with van der Waals surface area (Å²) in [6, 6.07) is 9.45. The highest BCUT2D eigenvalue weighted by atomic mass is 19.1. The second kappa shape index (κ2) is 7.22. The van der Waals surface area contributed by atoms with E-state index in [9.17, 15) is 18.9 Å². The lowest BCUT2D eigenvalue weighted by molar-refractivity contribution is -0.387. The quantitative estimate of drug-likeness (QED) is 0.511. The van der Waals surface area contributed by atoms with Gasteiger partial charge in [-0.3, -0.25) is 10.1 Å². The molecule has 1 heterocycles. The molecule has 26 heavy (non-hydrogen) atoms. The molecule has 6 nitrogen and oxygen atoms in total. The van der Waals surface area contributed by atoms with Crippen molar-refractivity contribution in [2.24, 2.45) is 0 Å². The summed E-state index contributed by atoms with van der Waals surface area (Å²) < 4.78 is 32.0. The van der Waals surface area contributed by atoms with E-state index in [1.54, 1.807) is 12.1 Å². The monoisotopic (exact) mass is 357 g/mol. The van der Waals surface area contributed by atoms with Gasteiger partial charge in [0.15, 0.2) is 0 Å². The minimum Gasteiger partial charge on any atom is -0.496 e. The minimum absolute atomic E-state index is 0.250. The number of benzene rings is 2. The molecule has 0 unspecified atom stereocenters. The van der Waals surface area contributed by atoms with E-state index in [0.29, 0.717) is 28.3 Å². The lowest BCUT2D eigenvalue weighted by Gasteiger charge is -2.09. The molecule has 132 valence electrons. The SMILES string of the molecule is COc1cc(F)ccc1-c1cc(Cc2ccc(F)c([N+](=O)[O-])c2)ncn1. The fourth-order valence-electron chi connectivity index (χ4n) is 2.54. The Morgan fingerprint density at radius 3 is 2.65 bits per heavy atom. The van der Waals surface area contributed by atoms with Crippen LogP contribution in [0.1, 0.15) is 11.3 Å². The summed E-state index contributed by atoms with van der Waals surface area (Å²) in [5.74, 6) is -0.997. The van der Waals surface area contributed by atoms with Crippen molar-refractivity contribution in [3.8, 4) is 17.0 Å². The Labute approximate surface area is 147 Å². The second-order valence-corrected chi connectivity index (χ2v) is 5.46. The first-order valence-electron chi connectivity index (χ1n) is 7.55. The summed E-state index contributed by atoms with van der Waals surface area (Å²) in [7, 11) is 1.43. The third-order valence-electron chi connectivity index (χ3n) is 3.76. The van der Waals surface area contributed by atoms with Gasteiger partial charge in [0.25, 0.3) is 0 Å². The van der Waals surface area contributed by atoms with Crippen LogP contribution in [-0.2, 0) is 6.42 Å². The fraction of sp³-hybridized carbons (Fsp3) is 0.111. The standard InChI is InChI=1S/C18H13F2N3O3/c1-26-18-8-12(19)3-4-14(18)16-9-13(21-10-22-16)6-11-2-5-15(20)17(7-11)23(24)25/h2-5,7-10H,6H2,1H3. The van der Waals surface area contributed by atoms with Crippen LogP contribution < -0.4 is 4.74 Å². The Balaban J connectivity index is 1.94. The number of hydrogen-bond donors (Lipinski definition) is 0. The molecular weight excluding hydrogens is 344 g/mol. The van der Waals surface area contributed by atoms with Crippen LogP contribution >= 0.6 is 0 Å². The minimum atomic E-state index is -0.891. The van der Waals surface area contributed by atoms with E-state index < -0.39 is 22.2 Å². The molecule has 0 aliphatic heterocycles. The van der Waals surface area contributed by atoms with Crippen LogP contribution in [0.2, 0.25) is 0 Å². The third-order valence-corrected chi connectivity index (χ3v) is 3.76. The van der Waals surface area contributed by atoms with E-state index in [1.165, 1.54) is 37.7 Å². The van der Waals surface area contributed by atoms with Crippen LogP contribution in [0.4, 0.5) is 14.5 Å². The van der Waals surface area contributed by atoms with Crippen LogP contribution in [-0.4, -0.2) is 22.0 Å². The van der Waals surface area contributed by atoms with Gasteiger partial charge in [0, 0.05) is 29.8 Å². The molecular formula is C18H13F2N3O3. The molecule has 1 aromatic heterocycles. The molecule has 3 rings (SSSR count). The van der Waals surface area contributed by atoms with Gasteiger partial charge in [-0.25, -0.2) is 14.4 Å². The highest BCUT2D eigenvalue weighted by Crippen LogP contribution is 2.29. The summed E-state index contributed by atoms with van der Waals surface area (Å²) in [5, 5.41) is 10.9. The van der Waals surface area contributed by atoms with Crippen LogP contribution in [0.3, 0.4) is 0 Å². The van der Waals surface area contributed by atoms with E-state index in [1.807, 2.05) is 0 Å². The maximum absolute atomic E-state index is 13.4. The number of ether oxygens (including phenoxy) is 1. The fourth-order valence-corrected chi connectivity index (χ4v) is 2.54. The van der Waals surface area contributed by atoms with E-state index in [4.69, 9.17) is 4.74 Å². The molecule has 0 amide bonds. The lowest BCUT2D eigenvalue weighted by Crippen LogP contribution is -1.99. The Kier molecular flexibility index (Phi) is 4.83. The smallest absolute Gasteiger partial charge is 0.305 e. The molecule has 0 saturated heterocycles. The van der Waals surface area contributed by atoms with Crippen LogP contribution in [0.5, 0.6) is 5.75 Å². The number of nitro benzene ring substituents is 1. The summed E-state index contributed by atoms with van der Waals surface area (Å²) >= 11 is 0. The van der Waals surface area contributed by atoms with Gasteiger partial charge in [0.1, 0.15) is 17.9 Å². The number of nitro groups is 1. The van der Waals surface area contributed by atoms with Gasteiger partial charge in [-0.2, -0.15) is 4.39 Å². The molecule has 3 aromatic rings. The van der Waals surface area contributed by atoms with Gasteiger partial charge < -0.3 is 4.74 Å². The average Bonchev–Trinajstić information content (AvgIpc) is 2.63. The third kappa shape index (κ3) is 3.64. The van der Waals surface area contributed by atoms with Crippen molar-refractivity contribution in [3.63, 3.8) is 0 Å². The number of hydrogen-bond acceptors (Lipinski definition) is 5. The second-order valence-electron chi connectivity index (χ2n) is 5.46. The van der Waals surface area contributed by atoms with Gasteiger partial charge in [0.2, 0.25) is 5.82 Å².